The van der Waals surface area contributed by atoms with Crippen molar-refractivity contribution < 1.29 is 23.9 Å². The molecule has 3 N–H and O–H groups in total. The molecule has 1 fully saturated rings. The van der Waals surface area contributed by atoms with Crippen LogP contribution in [-0.2, 0) is 14.4 Å². The molecule has 1 aromatic heterocycles. The van der Waals surface area contributed by atoms with Crippen LogP contribution >= 0.6 is 23.5 Å². The lowest BCUT2D eigenvalue weighted by Gasteiger charge is -2.49. The van der Waals surface area contributed by atoms with Gasteiger partial charge in [0.15, 0.2) is 0 Å². The predicted octanol–water partition coefficient (Wildman–Crippen LogP) is 4.49. The van der Waals surface area contributed by atoms with E-state index in [-0.39, 0.29) is 18.1 Å². The third kappa shape index (κ3) is 4.32. The third-order valence-electron chi connectivity index (χ3n) is 6.27. The van der Waals surface area contributed by atoms with Crippen molar-refractivity contribution in [3.8, 4) is 0 Å². The van der Waals surface area contributed by atoms with Gasteiger partial charge in [-0.3, -0.25) is 14.5 Å². The number of carbonyl (C=O) groups excluding carboxylic acids is 2. The predicted molar refractivity (Wildman–Crippen MR) is 144 cm³/mol. The number of rotatable bonds is 7. The number of aliphatic carboxylic acids is 1. The second-order valence-corrected chi connectivity index (χ2v) is 10.9. The van der Waals surface area contributed by atoms with Gasteiger partial charge in [-0.05, 0) is 36.4 Å². The summed E-state index contributed by atoms with van der Waals surface area (Å²) < 4.78 is 5.96. The van der Waals surface area contributed by atoms with E-state index in [1.165, 1.54) is 28.4 Å². The number of amides is 2. The molecule has 2 atom stereocenters. The van der Waals surface area contributed by atoms with Gasteiger partial charge in [0, 0.05) is 32.0 Å². The SMILES string of the molecule is O=C(CNc1ccccc1)N[C@@H]1C(=O)N2C(C(=O)O)=C(Sc3ccc4c(c3)oc3ccccc34)CS[C@H]12. The average Bonchev–Trinajstić information content (AvgIpc) is 3.28. The van der Waals surface area contributed by atoms with Crippen molar-refractivity contribution in [3.05, 3.63) is 83.4 Å². The standard InChI is InChI=1S/C27H21N3O5S2/c31-22(13-28-15-6-2-1-3-7-15)29-23-25(32)30-24(27(33)34)21(14-36-26(23)30)37-16-10-11-18-17-8-4-5-9-19(17)35-20(18)12-16/h1-12,23,26,28H,13-14H2,(H,29,31)(H,33,34)/t23-,26-/m1/s1. The number of thioether (sulfide) groups is 2. The number of para-hydroxylation sites is 2. The first-order chi connectivity index (χ1) is 18.0. The maximum absolute atomic E-state index is 12.9. The number of hydrogen-bond acceptors (Lipinski definition) is 7. The lowest BCUT2D eigenvalue weighted by Crippen LogP contribution is -2.70. The number of carboxylic acid groups (broad SMARTS) is 1. The van der Waals surface area contributed by atoms with Crippen LogP contribution in [0.1, 0.15) is 0 Å². The number of furan rings is 1. The molecular formula is C27H21N3O5S2. The first-order valence-electron chi connectivity index (χ1n) is 11.6. The van der Waals surface area contributed by atoms with E-state index in [1.807, 2.05) is 72.8 Å². The Hall–Kier alpha value is -3.89. The lowest BCUT2D eigenvalue weighted by atomic mass is 10.1. The van der Waals surface area contributed by atoms with Crippen molar-refractivity contribution in [2.24, 2.45) is 0 Å². The van der Waals surface area contributed by atoms with E-state index in [0.29, 0.717) is 10.7 Å². The molecule has 6 rings (SSSR count). The van der Waals surface area contributed by atoms with Gasteiger partial charge in [0.1, 0.15) is 28.3 Å². The Morgan fingerprint density at radius 3 is 2.59 bits per heavy atom. The maximum atomic E-state index is 12.9. The molecule has 0 spiro atoms. The number of β-lactam (4-membered cyclic amide) rings is 1. The van der Waals surface area contributed by atoms with Gasteiger partial charge in [0.05, 0.1) is 6.54 Å². The van der Waals surface area contributed by atoms with Gasteiger partial charge in [-0.15, -0.1) is 11.8 Å². The van der Waals surface area contributed by atoms with Crippen LogP contribution in [0.3, 0.4) is 0 Å². The van der Waals surface area contributed by atoms with Crippen LogP contribution in [0.5, 0.6) is 0 Å². The Labute approximate surface area is 220 Å². The van der Waals surface area contributed by atoms with Crippen molar-refractivity contribution in [3.63, 3.8) is 0 Å². The van der Waals surface area contributed by atoms with Gasteiger partial charge in [0.2, 0.25) is 5.91 Å². The molecule has 2 amide bonds. The monoisotopic (exact) mass is 531 g/mol. The van der Waals surface area contributed by atoms with E-state index >= 15 is 0 Å². The smallest absolute Gasteiger partial charge is 0.353 e. The fourth-order valence-corrected chi connectivity index (χ4v) is 7.05. The molecule has 37 heavy (non-hydrogen) atoms. The Kier molecular flexibility index (Phi) is 6.05. The van der Waals surface area contributed by atoms with Crippen LogP contribution in [0.25, 0.3) is 21.9 Å². The molecule has 3 aromatic carbocycles. The Balaban J connectivity index is 1.18. The highest BCUT2D eigenvalue weighted by Gasteiger charge is 2.54. The molecule has 0 saturated carbocycles. The van der Waals surface area contributed by atoms with E-state index < -0.39 is 23.3 Å². The Morgan fingerprint density at radius 1 is 1.03 bits per heavy atom. The number of hydrogen-bond donors (Lipinski definition) is 3. The summed E-state index contributed by atoms with van der Waals surface area (Å²) in [6.45, 7) is 0.0121. The molecule has 4 aromatic rings. The second kappa shape index (κ2) is 9.53. The summed E-state index contributed by atoms with van der Waals surface area (Å²) in [4.78, 5) is 40.3. The molecule has 3 heterocycles. The molecular weight excluding hydrogens is 510 g/mol. The summed E-state index contributed by atoms with van der Waals surface area (Å²) in [7, 11) is 0. The molecule has 2 aliphatic rings. The van der Waals surface area contributed by atoms with Crippen molar-refractivity contribution in [1.82, 2.24) is 10.2 Å². The highest BCUT2D eigenvalue weighted by molar-refractivity contribution is 8.06. The highest BCUT2D eigenvalue weighted by Crippen LogP contribution is 2.45. The topological polar surface area (TPSA) is 112 Å². The zero-order valence-corrected chi connectivity index (χ0v) is 21.0. The minimum Gasteiger partial charge on any atom is -0.477 e. The zero-order chi connectivity index (χ0) is 25.5. The lowest BCUT2D eigenvalue weighted by molar-refractivity contribution is -0.150. The Morgan fingerprint density at radius 2 is 1.78 bits per heavy atom. The molecule has 0 radical (unpaired) electrons. The van der Waals surface area contributed by atoms with Crippen LogP contribution in [0, 0.1) is 0 Å². The summed E-state index contributed by atoms with van der Waals surface area (Å²) in [5, 5.41) is 17.3. The van der Waals surface area contributed by atoms with Crippen molar-refractivity contribution in [1.29, 1.82) is 0 Å². The first-order valence-corrected chi connectivity index (χ1v) is 13.4. The number of carbonyl (C=O) groups is 3. The minimum absolute atomic E-state index is 0.0121. The number of nitrogens with one attached hydrogen (secondary N) is 2. The van der Waals surface area contributed by atoms with Gasteiger partial charge < -0.3 is 20.2 Å². The quantitative estimate of drug-likeness (QED) is 0.299. The van der Waals surface area contributed by atoms with E-state index in [2.05, 4.69) is 10.6 Å². The molecule has 8 nitrogen and oxygen atoms in total. The van der Waals surface area contributed by atoms with Gasteiger partial charge in [-0.25, -0.2) is 4.79 Å². The number of fused-ring (bicyclic) bond motifs is 4. The van der Waals surface area contributed by atoms with E-state index in [9.17, 15) is 19.5 Å². The molecule has 10 heteroatoms. The largest absolute Gasteiger partial charge is 0.477 e. The molecule has 2 aliphatic heterocycles. The summed E-state index contributed by atoms with van der Waals surface area (Å²) in [6.07, 6.45) is 0. The summed E-state index contributed by atoms with van der Waals surface area (Å²) in [6, 6.07) is 22.1. The molecule has 0 aliphatic carbocycles. The van der Waals surface area contributed by atoms with E-state index in [4.69, 9.17) is 4.42 Å². The van der Waals surface area contributed by atoms with Crippen molar-refractivity contribution in [2.75, 3.05) is 17.6 Å². The van der Waals surface area contributed by atoms with Crippen LogP contribution < -0.4 is 10.6 Å². The summed E-state index contributed by atoms with van der Waals surface area (Å²) in [5.41, 5.74) is 2.28. The third-order valence-corrected chi connectivity index (χ3v) is 8.81. The molecule has 186 valence electrons. The van der Waals surface area contributed by atoms with Crippen LogP contribution in [0.4, 0.5) is 5.69 Å². The van der Waals surface area contributed by atoms with E-state index in [0.717, 1.165) is 32.5 Å². The van der Waals surface area contributed by atoms with E-state index in [1.54, 1.807) is 0 Å². The minimum atomic E-state index is -1.17. The normalized spacial score (nSPS) is 19.0. The summed E-state index contributed by atoms with van der Waals surface area (Å²) in [5.74, 6) is -1.51. The van der Waals surface area contributed by atoms with Crippen molar-refractivity contribution in [2.45, 2.75) is 16.3 Å². The Bertz CT molecular complexity index is 1580. The average molecular weight is 532 g/mol. The second-order valence-electron chi connectivity index (χ2n) is 8.61. The van der Waals surface area contributed by atoms with Crippen LogP contribution in [-0.4, -0.2) is 51.5 Å². The molecule has 0 unspecified atom stereocenters. The zero-order valence-electron chi connectivity index (χ0n) is 19.3. The number of nitrogens with zero attached hydrogens (tertiary/aromatic N) is 1. The van der Waals surface area contributed by atoms with Gasteiger partial charge >= 0.3 is 5.97 Å². The first kappa shape index (κ1) is 23.5. The van der Waals surface area contributed by atoms with Gasteiger partial charge in [-0.2, -0.15) is 0 Å². The highest BCUT2D eigenvalue weighted by atomic mass is 32.2. The fraction of sp³-hybridized carbons (Fsp3) is 0.148. The van der Waals surface area contributed by atoms with Crippen LogP contribution in [0.2, 0.25) is 0 Å². The molecule has 1 saturated heterocycles. The number of anilines is 1. The summed E-state index contributed by atoms with van der Waals surface area (Å²) >= 11 is 2.76. The fourth-order valence-electron chi connectivity index (χ4n) is 4.54. The van der Waals surface area contributed by atoms with Crippen LogP contribution in [0.15, 0.2) is 92.7 Å². The molecule has 0 bridgehead atoms. The maximum Gasteiger partial charge on any atom is 0.353 e. The number of benzene rings is 3. The van der Waals surface area contributed by atoms with Gasteiger partial charge in [0.25, 0.3) is 5.91 Å². The van der Waals surface area contributed by atoms with Crippen molar-refractivity contribution >= 4 is 68.9 Å². The number of carboxylic acids is 1. The van der Waals surface area contributed by atoms with Gasteiger partial charge in [-0.1, -0.05) is 48.2 Å².